The summed E-state index contributed by atoms with van der Waals surface area (Å²) >= 11 is 1.92. The minimum Gasteiger partial charge on any atom is -0.376 e. The maximum Gasteiger partial charge on any atom is 0.333 e. The van der Waals surface area contributed by atoms with Crippen LogP contribution in [0.3, 0.4) is 0 Å². The van der Waals surface area contributed by atoms with Gasteiger partial charge in [-0.05, 0) is 131 Å². The van der Waals surface area contributed by atoms with E-state index in [-0.39, 0.29) is 6.85 Å². The van der Waals surface area contributed by atoms with Crippen LogP contribution in [0.4, 0.5) is 11.4 Å². The van der Waals surface area contributed by atoms with Gasteiger partial charge in [-0.2, -0.15) is 0 Å². The monoisotopic (exact) mass is 879 g/mol. The van der Waals surface area contributed by atoms with Crippen molar-refractivity contribution in [2.24, 2.45) is 0 Å². The Morgan fingerprint density at radius 2 is 1.10 bits per heavy atom. The number of nitrogens with zero attached hydrogens (tertiary/aromatic N) is 3. The number of aryl methyl sites for hydroxylation is 2. The highest BCUT2D eigenvalue weighted by atomic mass is 32.1. The molecule has 2 aliphatic heterocycles. The molecule has 5 heterocycles. The molecule has 14 rings (SSSR count). The Morgan fingerprint density at radius 1 is 0.448 bits per heavy atom. The molecule has 0 fully saturated rings. The molecule has 322 valence electrons. The molecule has 0 amide bonds. The van der Waals surface area contributed by atoms with Gasteiger partial charge in [-0.1, -0.05) is 143 Å². The first-order chi connectivity index (χ1) is 33.2. The number of benzene rings is 9. The van der Waals surface area contributed by atoms with Crippen molar-refractivity contribution in [1.82, 2.24) is 9.13 Å². The standard InChI is InChI=1S/C62H50BN3S/c1-3-5-7-17-39-27-30-43(31-28-39)66-56-36-48-46-23-13-16-26-58(46)67-59(48)38-47(56)49-37-57(64-52-24-14-11-21-44(52)45-22-12-15-25-53(45)64)60-50-34-41-19-9-10-20-42(41)35-55(50)65-54-32-29-40(18-8-6-4-2)33-51(54)63(66)61(49)62(60)65/h9-16,19-38H,3-8,17-18H2,1-2H3. The molecule has 3 aromatic heterocycles. The van der Waals surface area contributed by atoms with Gasteiger partial charge in [0, 0.05) is 64.3 Å². The van der Waals surface area contributed by atoms with Crippen molar-refractivity contribution in [3.05, 3.63) is 181 Å². The first-order valence-electron chi connectivity index (χ1n) is 24.7. The van der Waals surface area contributed by atoms with Gasteiger partial charge < -0.3 is 13.9 Å². The average Bonchev–Trinajstić information content (AvgIpc) is 4.02. The summed E-state index contributed by atoms with van der Waals surface area (Å²) in [5.74, 6) is 0. The van der Waals surface area contributed by atoms with Crippen molar-refractivity contribution in [2.45, 2.75) is 65.2 Å². The maximum absolute atomic E-state index is 2.74. The van der Waals surface area contributed by atoms with Crippen LogP contribution >= 0.6 is 11.3 Å². The molecule has 12 aromatic rings. The molecule has 3 nitrogen and oxygen atoms in total. The fourth-order valence-electron chi connectivity index (χ4n) is 12.2. The Bertz CT molecular complexity index is 3930. The number of hydrogen-bond acceptors (Lipinski definition) is 2. The highest BCUT2D eigenvalue weighted by Gasteiger charge is 2.45. The topological polar surface area (TPSA) is 13.1 Å². The average molecular weight is 880 g/mol. The van der Waals surface area contributed by atoms with Crippen molar-refractivity contribution >= 4 is 115 Å². The Balaban J connectivity index is 1.17. The van der Waals surface area contributed by atoms with Crippen LogP contribution in [0.2, 0.25) is 0 Å². The first-order valence-corrected chi connectivity index (χ1v) is 25.5. The summed E-state index contributed by atoms with van der Waals surface area (Å²) in [5.41, 5.74) is 18.3. The Morgan fingerprint density at radius 3 is 1.85 bits per heavy atom. The molecule has 67 heavy (non-hydrogen) atoms. The number of para-hydroxylation sites is 2. The minimum atomic E-state index is -0.0576. The smallest absolute Gasteiger partial charge is 0.333 e. The van der Waals surface area contributed by atoms with Crippen molar-refractivity contribution in [3.63, 3.8) is 0 Å². The molecule has 0 unspecified atom stereocenters. The van der Waals surface area contributed by atoms with E-state index in [1.165, 1.54) is 169 Å². The van der Waals surface area contributed by atoms with Crippen LogP contribution in [0.1, 0.15) is 63.5 Å². The quantitative estimate of drug-likeness (QED) is 0.0985. The lowest BCUT2D eigenvalue weighted by Gasteiger charge is -2.42. The second-order valence-corrected chi connectivity index (χ2v) is 20.3. The van der Waals surface area contributed by atoms with E-state index in [1.807, 2.05) is 11.3 Å². The van der Waals surface area contributed by atoms with E-state index in [9.17, 15) is 0 Å². The van der Waals surface area contributed by atoms with Crippen molar-refractivity contribution < 1.29 is 0 Å². The van der Waals surface area contributed by atoms with E-state index in [1.54, 1.807) is 0 Å². The maximum atomic E-state index is 2.74. The van der Waals surface area contributed by atoms with Gasteiger partial charge >= 0.3 is 6.85 Å². The molecule has 0 radical (unpaired) electrons. The Labute approximate surface area is 395 Å². The minimum absolute atomic E-state index is 0.0576. The number of rotatable bonds is 10. The molecular weight excluding hydrogens is 830 g/mol. The van der Waals surface area contributed by atoms with Crippen molar-refractivity contribution in [3.8, 4) is 22.5 Å². The summed E-state index contributed by atoms with van der Waals surface area (Å²) in [5, 5.41) is 10.4. The van der Waals surface area contributed by atoms with E-state index in [0.717, 1.165) is 12.8 Å². The van der Waals surface area contributed by atoms with Gasteiger partial charge in [0.05, 0.1) is 27.8 Å². The van der Waals surface area contributed by atoms with E-state index in [0.29, 0.717) is 0 Å². The molecule has 2 aliphatic rings. The van der Waals surface area contributed by atoms with Crippen LogP contribution in [0.25, 0.3) is 97.1 Å². The van der Waals surface area contributed by atoms with E-state index in [2.05, 4.69) is 198 Å². The lowest BCUT2D eigenvalue weighted by Crippen LogP contribution is -2.60. The first kappa shape index (κ1) is 39.1. The van der Waals surface area contributed by atoms with Gasteiger partial charge in [-0.15, -0.1) is 11.3 Å². The fourth-order valence-corrected chi connectivity index (χ4v) is 13.3. The Hall–Kier alpha value is -7.08. The highest BCUT2D eigenvalue weighted by molar-refractivity contribution is 7.25. The van der Waals surface area contributed by atoms with Gasteiger partial charge in [0.1, 0.15) is 0 Å². The second kappa shape index (κ2) is 15.2. The zero-order valence-corrected chi connectivity index (χ0v) is 39.0. The van der Waals surface area contributed by atoms with E-state index in [4.69, 9.17) is 0 Å². The van der Waals surface area contributed by atoms with Gasteiger partial charge in [-0.3, -0.25) is 0 Å². The Kier molecular flexibility index (Phi) is 8.90. The molecule has 0 bridgehead atoms. The summed E-state index contributed by atoms with van der Waals surface area (Å²) in [6.07, 6.45) is 9.56. The van der Waals surface area contributed by atoms with Gasteiger partial charge in [0.15, 0.2) is 0 Å². The molecule has 0 spiro atoms. The lowest BCUT2D eigenvalue weighted by atomic mass is 9.43. The predicted octanol–water partition coefficient (Wildman–Crippen LogP) is 16.1. The summed E-state index contributed by atoms with van der Waals surface area (Å²) in [7, 11) is 0. The largest absolute Gasteiger partial charge is 0.376 e. The van der Waals surface area contributed by atoms with Crippen LogP contribution in [-0.4, -0.2) is 16.0 Å². The van der Waals surface area contributed by atoms with Crippen LogP contribution < -0.4 is 15.7 Å². The predicted molar refractivity (Wildman–Crippen MR) is 291 cm³/mol. The number of anilines is 2. The number of aromatic nitrogens is 2. The van der Waals surface area contributed by atoms with Crippen molar-refractivity contribution in [2.75, 3.05) is 4.81 Å². The van der Waals surface area contributed by atoms with Gasteiger partial charge in [0.2, 0.25) is 0 Å². The van der Waals surface area contributed by atoms with Crippen LogP contribution in [-0.2, 0) is 12.8 Å². The molecule has 0 saturated carbocycles. The third-order valence-corrected chi connectivity index (χ3v) is 16.4. The van der Waals surface area contributed by atoms with Crippen LogP contribution in [0.15, 0.2) is 170 Å². The zero-order valence-electron chi connectivity index (χ0n) is 38.1. The molecule has 5 heteroatoms. The van der Waals surface area contributed by atoms with Crippen LogP contribution in [0, 0.1) is 0 Å². The third-order valence-electron chi connectivity index (χ3n) is 15.3. The number of hydrogen-bond donors (Lipinski definition) is 0. The highest BCUT2D eigenvalue weighted by Crippen LogP contribution is 2.51. The molecular formula is C62H50BN3S. The lowest BCUT2D eigenvalue weighted by molar-refractivity contribution is 0.717. The summed E-state index contributed by atoms with van der Waals surface area (Å²) in [6.45, 7) is 4.55. The zero-order chi connectivity index (χ0) is 44.3. The fraction of sp³-hybridized carbons (Fsp3) is 0.161. The summed E-state index contributed by atoms with van der Waals surface area (Å²) in [4.78, 5) is 2.74. The molecule has 9 aromatic carbocycles. The van der Waals surface area contributed by atoms with E-state index < -0.39 is 0 Å². The SMILES string of the molecule is CCCCCc1ccc(N2B3c4cc(CCCCC)ccc4-n4c5cc6ccccc6cc5c5c(-n6c7ccccc7c7ccccc76)cc(c3c54)-c3cc4sc5ccccc5c4cc32)cc1. The number of unbranched alkanes of at least 4 members (excludes halogenated alkanes) is 4. The molecule has 0 aliphatic carbocycles. The molecule has 0 N–H and O–H groups in total. The second-order valence-electron chi connectivity index (χ2n) is 19.2. The number of thiophene rings is 1. The molecule has 0 atom stereocenters. The van der Waals surface area contributed by atoms with Crippen LogP contribution in [0.5, 0.6) is 0 Å². The summed E-state index contributed by atoms with van der Waals surface area (Å²) in [6, 6.07) is 65.8. The summed E-state index contributed by atoms with van der Waals surface area (Å²) < 4.78 is 7.92. The van der Waals surface area contributed by atoms with Gasteiger partial charge in [0.25, 0.3) is 0 Å². The number of fused-ring (bicyclic) bond motifs is 15. The van der Waals surface area contributed by atoms with Crippen molar-refractivity contribution in [1.29, 1.82) is 0 Å². The normalized spacial score (nSPS) is 13.0. The van der Waals surface area contributed by atoms with E-state index >= 15 is 0 Å². The molecule has 0 saturated heterocycles. The third kappa shape index (κ3) is 5.77. The van der Waals surface area contributed by atoms with Gasteiger partial charge in [-0.25, -0.2) is 0 Å².